The molecular formula is C16H19N3O2. The third kappa shape index (κ3) is 3.31. The van der Waals surface area contributed by atoms with E-state index in [-0.39, 0.29) is 0 Å². The summed E-state index contributed by atoms with van der Waals surface area (Å²) >= 11 is 0. The van der Waals surface area contributed by atoms with Crippen molar-refractivity contribution in [2.45, 2.75) is 25.3 Å². The maximum absolute atomic E-state index is 10.9. The van der Waals surface area contributed by atoms with Crippen LogP contribution in [0, 0.1) is 0 Å². The minimum absolute atomic E-state index is 0.351. The topological polar surface area (TPSA) is 69.2 Å². The van der Waals surface area contributed by atoms with E-state index in [0.717, 1.165) is 31.7 Å². The van der Waals surface area contributed by atoms with Crippen molar-refractivity contribution in [2.75, 3.05) is 13.1 Å². The first-order chi connectivity index (χ1) is 10.2. The molecule has 1 atom stereocenters. The molecule has 0 radical (unpaired) electrons. The van der Waals surface area contributed by atoms with Gasteiger partial charge in [-0.1, -0.05) is 12.1 Å². The lowest BCUT2D eigenvalue weighted by Crippen LogP contribution is -2.34. The van der Waals surface area contributed by atoms with E-state index in [2.05, 4.69) is 14.9 Å². The fraction of sp³-hybridized carbons (Fsp3) is 0.375. The highest BCUT2D eigenvalue weighted by Gasteiger charge is 2.21. The third-order valence-corrected chi connectivity index (χ3v) is 4.08. The van der Waals surface area contributed by atoms with Crippen LogP contribution in [-0.4, -0.2) is 39.0 Å². The molecule has 0 bridgehead atoms. The fourth-order valence-corrected chi connectivity index (χ4v) is 2.98. The zero-order valence-corrected chi connectivity index (χ0v) is 11.8. The standard InChI is InChI=1S/C16H19N3O2/c20-16(21)13-5-3-12(4-6-13)14-2-1-7-19(9-14)10-15-8-17-11-18-15/h3-6,8,11,14H,1-2,7,9-10H2,(H,17,18)(H,20,21). The SMILES string of the molecule is O=C(O)c1ccc(C2CCCN(Cc3cnc[nH]3)C2)cc1. The number of aromatic carboxylic acids is 1. The van der Waals surface area contributed by atoms with Crippen molar-refractivity contribution in [3.63, 3.8) is 0 Å². The summed E-state index contributed by atoms with van der Waals surface area (Å²) in [6, 6.07) is 7.30. The molecule has 1 aromatic heterocycles. The Morgan fingerprint density at radius 2 is 2.19 bits per heavy atom. The van der Waals surface area contributed by atoms with Crippen LogP contribution in [0.3, 0.4) is 0 Å². The zero-order chi connectivity index (χ0) is 14.7. The number of piperidine rings is 1. The number of hydrogen-bond acceptors (Lipinski definition) is 3. The first-order valence-corrected chi connectivity index (χ1v) is 7.25. The average molecular weight is 285 g/mol. The van der Waals surface area contributed by atoms with Gasteiger partial charge in [0.2, 0.25) is 0 Å². The van der Waals surface area contributed by atoms with Gasteiger partial charge >= 0.3 is 5.97 Å². The van der Waals surface area contributed by atoms with E-state index < -0.39 is 5.97 Å². The molecule has 0 aliphatic carbocycles. The van der Waals surface area contributed by atoms with Gasteiger partial charge in [-0.25, -0.2) is 9.78 Å². The molecule has 1 aliphatic rings. The molecule has 5 nitrogen and oxygen atoms in total. The van der Waals surface area contributed by atoms with Crippen LogP contribution in [0.15, 0.2) is 36.8 Å². The maximum Gasteiger partial charge on any atom is 0.335 e. The van der Waals surface area contributed by atoms with Gasteiger partial charge in [-0.2, -0.15) is 0 Å². The summed E-state index contributed by atoms with van der Waals surface area (Å²) in [6.45, 7) is 3.00. The Morgan fingerprint density at radius 3 is 2.86 bits per heavy atom. The van der Waals surface area contributed by atoms with Crippen molar-refractivity contribution in [3.05, 3.63) is 53.6 Å². The van der Waals surface area contributed by atoms with Crippen LogP contribution < -0.4 is 0 Å². The molecule has 1 saturated heterocycles. The number of aromatic amines is 1. The summed E-state index contributed by atoms with van der Waals surface area (Å²) in [7, 11) is 0. The van der Waals surface area contributed by atoms with Gasteiger partial charge in [0.15, 0.2) is 0 Å². The number of nitrogens with zero attached hydrogens (tertiary/aromatic N) is 2. The molecule has 0 amide bonds. The van der Waals surface area contributed by atoms with Gasteiger partial charge in [0, 0.05) is 25.0 Å². The van der Waals surface area contributed by atoms with Gasteiger partial charge in [0.25, 0.3) is 0 Å². The molecule has 5 heteroatoms. The zero-order valence-electron chi connectivity index (χ0n) is 11.8. The fourth-order valence-electron chi connectivity index (χ4n) is 2.98. The lowest BCUT2D eigenvalue weighted by Gasteiger charge is -2.32. The summed E-state index contributed by atoms with van der Waals surface area (Å²) in [5.74, 6) is -0.393. The molecule has 1 aliphatic heterocycles. The molecule has 1 fully saturated rings. The quantitative estimate of drug-likeness (QED) is 0.905. The third-order valence-electron chi connectivity index (χ3n) is 4.08. The smallest absolute Gasteiger partial charge is 0.335 e. The van der Waals surface area contributed by atoms with Crippen LogP contribution in [0.1, 0.15) is 40.4 Å². The van der Waals surface area contributed by atoms with Crippen LogP contribution in [0.2, 0.25) is 0 Å². The molecule has 3 rings (SSSR count). The molecule has 110 valence electrons. The van der Waals surface area contributed by atoms with Crippen LogP contribution in [-0.2, 0) is 6.54 Å². The Morgan fingerprint density at radius 1 is 1.38 bits per heavy atom. The lowest BCUT2D eigenvalue weighted by molar-refractivity contribution is 0.0697. The highest BCUT2D eigenvalue weighted by Crippen LogP contribution is 2.27. The second kappa shape index (κ2) is 6.10. The number of hydrogen-bond donors (Lipinski definition) is 2. The van der Waals surface area contributed by atoms with Gasteiger partial charge in [0.1, 0.15) is 0 Å². The van der Waals surface area contributed by atoms with Gasteiger partial charge in [0.05, 0.1) is 11.9 Å². The minimum atomic E-state index is -0.869. The number of aromatic nitrogens is 2. The van der Waals surface area contributed by atoms with E-state index in [1.807, 2.05) is 18.3 Å². The highest BCUT2D eigenvalue weighted by atomic mass is 16.4. The number of carboxylic acid groups (broad SMARTS) is 1. The summed E-state index contributed by atoms with van der Waals surface area (Å²) in [5.41, 5.74) is 2.72. The molecule has 1 unspecified atom stereocenters. The van der Waals surface area contributed by atoms with Crippen LogP contribution in [0.25, 0.3) is 0 Å². The largest absolute Gasteiger partial charge is 0.478 e. The van der Waals surface area contributed by atoms with Crippen molar-refractivity contribution in [1.29, 1.82) is 0 Å². The van der Waals surface area contributed by atoms with Crippen molar-refractivity contribution < 1.29 is 9.90 Å². The van der Waals surface area contributed by atoms with Gasteiger partial charge in [-0.05, 0) is 43.0 Å². The molecule has 2 N–H and O–H groups in total. The average Bonchev–Trinajstić information content (AvgIpc) is 3.00. The number of likely N-dealkylation sites (tertiary alicyclic amines) is 1. The van der Waals surface area contributed by atoms with E-state index in [4.69, 9.17) is 5.11 Å². The van der Waals surface area contributed by atoms with Gasteiger partial charge in [-0.15, -0.1) is 0 Å². The van der Waals surface area contributed by atoms with Crippen molar-refractivity contribution in [2.24, 2.45) is 0 Å². The number of carboxylic acids is 1. The summed E-state index contributed by atoms with van der Waals surface area (Å²) in [5, 5.41) is 8.95. The predicted molar refractivity (Wildman–Crippen MR) is 79.2 cm³/mol. The number of nitrogens with one attached hydrogen (secondary N) is 1. The van der Waals surface area contributed by atoms with E-state index in [1.165, 1.54) is 12.0 Å². The molecular weight excluding hydrogens is 266 g/mol. The summed E-state index contributed by atoms with van der Waals surface area (Å²) in [6.07, 6.45) is 5.90. The Hall–Kier alpha value is -2.14. The first kappa shape index (κ1) is 13.8. The monoisotopic (exact) mass is 285 g/mol. The van der Waals surface area contributed by atoms with E-state index in [1.54, 1.807) is 18.5 Å². The van der Waals surface area contributed by atoms with Crippen molar-refractivity contribution in [3.8, 4) is 0 Å². The molecule has 2 heterocycles. The number of rotatable bonds is 4. The van der Waals surface area contributed by atoms with Crippen molar-refractivity contribution in [1.82, 2.24) is 14.9 Å². The second-order valence-corrected chi connectivity index (χ2v) is 5.58. The van der Waals surface area contributed by atoms with Crippen molar-refractivity contribution >= 4 is 5.97 Å². The Bertz CT molecular complexity index is 592. The number of imidazole rings is 1. The Balaban J connectivity index is 1.66. The number of carbonyl (C=O) groups is 1. The number of benzene rings is 1. The van der Waals surface area contributed by atoms with Gasteiger partial charge in [-0.3, -0.25) is 4.90 Å². The van der Waals surface area contributed by atoms with Crippen LogP contribution >= 0.6 is 0 Å². The summed E-state index contributed by atoms with van der Waals surface area (Å²) < 4.78 is 0. The van der Waals surface area contributed by atoms with Crippen LogP contribution in [0.4, 0.5) is 0 Å². The molecule has 2 aromatic rings. The summed E-state index contributed by atoms with van der Waals surface area (Å²) in [4.78, 5) is 20.5. The van der Waals surface area contributed by atoms with E-state index in [9.17, 15) is 4.79 Å². The first-order valence-electron chi connectivity index (χ1n) is 7.25. The Labute approximate surface area is 123 Å². The predicted octanol–water partition coefficient (Wildman–Crippen LogP) is 2.49. The molecule has 1 aromatic carbocycles. The van der Waals surface area contributed by atoms with Crippen LogP contribution in [0.5, 0.6) is 0 Å². The molecule has 21 heavy (non-hydrogen) atoms. The normalized spacial score (nSPS) is 19.5. The van der Waals surface area contributed by atoms with Gasteiger partial charge < -0.3 is 10.1 Å². The van der Waals surface area contributed by atoms with E-state index in [0.29, 0.717) is 11.5 Å². The molecule has 0 saturated carbocycles. The highest BCUT2D eigenvalue weighted by molar-refractivity contribution is 5.87. The van der Waals surface area contributed by atoms with E-state index >= 15 is 0 Å². The maximum atomic E-state index is 10.9. The second-order valence-electron chi connectivity index (χ2n) is 5.58. The molecule has 0 spiro atoms. The minimum Gasteiger partial charge on any atom is -0.478 e. The number of H-pyrrole nitrogens is 1. The Kier molecular flexibility index (Phi) is 4.01. The lowest BCUT2D eigenvalue weighted by atomic mass is 9.90.